The predicted octanol–water partition coefficient (Wildman–Crippen LogP) is 3.71. The van der Waals surface area contributed by atoms with Crippen LogP contribution in [0.15, 0.2) is 60.9 Å². The molecule has 3 aromatic rings. The molecule has 30 heavy (non-hydrogen) atoms. The lowest BCUT2D eigenvalue weighted by atomic mass is 9.90. The molecule has 0 fully saturated rings. The molecule has 1 aromatic heterocycles. The van der Waals surface area contributed by atoms with Crippen LogP contribution in [-0.4, -0.2) is 32.8 Å². The Balaban J connectivity index is 1.43. The smallest absolute Gasteiger partial charge is 0.226 e. The Bertz CT molecular complexity index is 1060. The van der Waals surface area contributed by atoms with Gasteiger partial charge in [0.25, 0.3) is 0 Å². The van der Waals surface area contributed by atoms with Crippen molar-refractivity contribution in [2.45, 2.75) is 39.3 Å². The van der Waals surface area contributed by atoms with E-state index in [-0.39, 0.29) is 24.3 Å². The van der Waals surface area contributed by atoms with E-state index >= 15 is 0 Å². The maximum atomic E-state index is 12.8. The molecular weight excluding hydrogens is 376 g/mol. The van der Waals surface area contributed by atoms with Crippen LogP contribution in [-0.2, 0) is 22.6 Å². The van der Waals surface area contributed by atoms with Crippen LogP contribution < -0.4 is 5.32 Å². The van der Waals surface area contributed by atoms with E-state index in [4.69, 9.17) is 0 Å². The zero-order chi connectivity index (χ0) is 21.1. The van der Waals surface area contributed by atoms with Gasteiger partial charge in [-0.3, -0.25) is 9.59 Å². The Kier molecular flexibility index (Phi) is 5.65. The highest BCUT2D eigenvalue weighted by Crippen LogP contribution is 2.32. The van der Waals surface area contributed by atoms with Crippen molar-refractivity contribution in [1.29, 1.82) is 0 Å². The van der Waals surface area contributed by atoms with Crippen LogP contribution in [0.3, 0.4) is 0 Å². The zero-order valence-corrected chi connectivity index (χ0v) is 17.3. The lowest BCUT2D eigenvalue weighted by Gasteiger charge is -2.36. The van der Waals surface area contributed by atoms with Crippen molar-refractivity contribution >= 4 is 17.5 Å². The van der Waals surface area contributed by atoms with Crippen LogP contribution in [0.1, 0.15) is 41.9 Å². The normalized spacial score (nSPS) is 15.5. The number of nitrogens with one attached hydrogen (secondary N) is 1. The van der Waals surface area contributed by atoms with E-state index in [0.29, 0.717) is 6.54 Å². The molecule has 2 amide bonds. The molecule has 1 aliphatic heterocycles. The number of amides is 2. The van der Waals surface area contributed by atoms with Crippen molar-refractivity contribution in [3.8, 4) is 0 Å². The third kappa shape index (κ3) is 4.27. The molecule has 2 heterocycles. The number of hydrogen-bond donors (Lipinski definition) is 1. The van der Waals surface area contributed by atoms with Crippen molar-refractivity contribution in [3.63, 3.8) is 0 Å². The van der Waals surface area contributed by atoms with Gasteiger partial charge in [0.1, 0.15) is 5.82 Å². The third-order valence-electron chi connectivity index (χ3n) is 5.71. The lowest BCUT2D eigenvalue weighted by Crippen LogP contribution is -2.40. The number of carbonyl (C=O) groups excluding carboxylic acids is 2. The fraction of sp³-hybridized carbons (Fsp3) is 0.292. The highest BCUT2D eigenvalue weighted by Gasteiger charge is 2.30. The van der Waals surface area contributed by atoms with Crippen LogP contribution in [0.2, 0.25) is 0 Å². The molecule has 6 nitrogen and oxygen atoms in total. The van der Waals surface area contributed by atoms with Gasteiger partial charge >= 0.3 is 0 Å². The monoisotopic (exact) mass is 402 g/mol. The minimum Gasteiger partial charge on any atom is -0.335 e. The summed E-state index contributed by atoms with van der Waals surface area (Å²) in [6.07, 6.45) is 4.81. The maximum absolute atomic E-state index is 12.8. The lowest BCUT2D eigenvalue weighted by molar-refractivity contribution is -0.132. The summed E-state index contributed by atoms with van der Waals surface area (Å²) in [5.74, 6) is 0.873. The van der Waals surface area contributed by atoms with Crippen molar-refractivity contribution in [3.05, 3.63) is 83.4 Å². The number of hydrogen-bond acceptors (Lipinski definition) is 3. The van der Waals surface area contributed by atoms with Crippen LogP contribution in [0, 0.1) is 6.92 Å². The minimum atomic E-state index is -0.226. The molecule has 6 heteroatoms. The molecule has 0 spiro atoms. The average molecular weight is 402 g/mol. The van der Waals surface area contributed by atoms with Gasteiger partial charge in [0.2, 0.25) is 11.8 Å². The summed E-state index contributed by atoms with van der Waals surface area (Å²) in [5, 5.41) is 2.98. The molecule has 0 aliphatic carbocycles. The van der Waals surface area contributed by atoms with Gasteiger partial charge in [-0.15, -0.1) is 0 Å². The first kappa shape index (κ1) is 19.9. The fourth-order valence-corrected chi connectivity index (χ4v) is 4.10. The number of anilines is 1. The Morgan fingerprint density at radius 1 is 1.13 bits per heavy atom. The molecule has 0 bridgehead atoms. The number of aryl methyl sites for hydroxylation is 1. The first-order valence-corrected chi connectivity index (χ1v) is 10.2. The zero-order valence-electron chi connectivity index (χ0n) is 17.3. The van der Waals surface area contributed by atoms with Gasteiger partial charge in [-0.2, -0.15) is 0 Å². The Hall–Kier alpha value is -3.41. The fourth-order valence-electron chi connectivity index (χ4n) is 4.10. The SMILES string of the molecule is CC(=O)N1CCc2ccccc2C1CC(=O)Nc1ccc(Cn2ccnc2C)cc1. The Morgan fingerprint density at radius 2 is 1.90 bits per heavy atom. The number of fused-ring (bicyclic) bond motifs is 1. The standard InChI is InChI=1S/C24H26N4O2/c1-17-25-12-14-27(17)16-19-7-9-21(10-8-19)26-24(30)15-23-22-6-4-3-5-20(22)11-13-28(23)18(2)29/h3-10,12,14,23H,11,13,15-16H2,1-2H3,(H,26,30). The number of carbonyl (C=O) groups is 2. The van der Waals surface area contributed by atoms with Gasteiger partial charge in [0, 0.05) is 38.1 Å². The highest BCUT2D eigenvalue weighted by atomic mass is 16.2. The Labute approximate surface area is 176 Å². The van der Waals surface area contributed by atoms with Crippen LogP contribution >= 0.6 is 0 Å². The number of aromatic nitrogens is 2. The third-order valence-corrected chi connectivity index (χ3v) is 5.71. The maximum Gasteiger partial charge on any atom is 0.226 e. The summed E-state index contributed by atoms with van der Waals surface area (Å²) in [7, 11) is 0. The first-order chi connectivity index (χ1) is 14.5. The highest BCUT2D eigenvalue weighted by molar-refractivity contribution is 5.91. The van der Waals surface area contributed by atoms with Gasteiger partial charge in [-0.05, 0) is 42.2 Å². The molecule has 4 rings (SSSR count). The van der Waals surface area contributed by atoms with Crippen molar-refractivity contribution in [2.75, 3.05) is 11.9 Å². The second kappa shape index (κ2) is 8.53. The largest absolute Gasteiger partial charge is 0.335 e. The summed E-state index contributed by atoms with van der Waals surface area (Å²) in [6.45, 7) is 4.93. The van der Waals surface area contributed by atoms with Crippen LogP contribution in [0.25, 0.3) is 0 Å². The average Bonchev–Trinajstić information content (AvgIpc) is 3.14. The van der Waals surface area contributed by atoms with Gasteiger partial charge in [0.15, 0.2) is 0 Å². The molecule has 0 saturated carbocycles. The molecule has 1 N–H and O–H groups in total. The van der Waals surface area contributed by atoms with Gasteiger partial charge in [-0.25, -0.2) is 4.98 Å². The van der Waals surface area contributed by atoms with E-state index in [0.717, 1.165) is 35.6 Å². The molecule has 1 unspecified atom stereocenters. The topological polar surface area (TPSA) is 67.2 Å². The summed E-state index contributed by atoms with van der Waals surface area (Å²) in [6, 6.07) is 15.7. The van der Waals surface area contributed by atoms with Gasteiger partial charge in [-0.1, -0.05) is 36.4 Å². The molecule has 0 saturated heterocycles. The van der Waals surface area contributed by atoms with Crippen molar-refractivity contribution < 1.29 is 9.59 Å². The summed E-state index contributed by atoms with van der Waals surface area (Å²) in [4.78, 5) is 31.0. The van der Waals surface area contributed by atoms with E-state index in [9.17, 15) is 9.59 Å². The predicted molar refractivity (Wildman–Crippen MR) is 116 cm³/mol. The molecule has 1 aliphatic rings. The van der Waals surface area contributed by atoms with E-state index in [1.165, 1.54) is 5.56 Å². The van der Waals surface area contributed by atoms with E-state index in [1.54, 1.807) is 18.0 Å². The van der Waals surface area contributed by atoms with Crippen LogP contribution in [0.5, 0.6) is 0 Å². The molecule has 1 atom stereocenters. The number of imidazole rings is 1. The summed E-state index contributed by atoms with van der Waals surface area (Å²) >= 11 is 0. The van der Waals surface area contributed by atoms with Gasteiger partial charge < -0.3 is 14.8 Å². The summed E-state index contributed by atoms with van der Waals surface area (Å²) < 4.78 is 2.07. The van der Waals surface area contributed by atoms with Crippen molar-refractivity contribution in [2.24, 2.45) is 0 Å². The van der Waals surface area contributed by atoms with E-state index in [2.05, 4.69) is 20.9 Å². The van der Waals surface area contributed by atoms with Crippen LogP contribution in [0.4, 0.5) is 5.69 Å². The van der Waals surface area contributed by atoms with Gasteiger partial charge in [0.05, 0.1) is 12.5 Å². The molecule has 2 aromatic carbocycles. The second-order valence-corrected chi connectivity index (χ2v) is 7.73. The van der Waals surface area contributed by atoms with Crippen molar-refractivity contribution in [1.82, 2.24) is 14.5 Å². The summed E-state index contributed by atoms with van der Waals surface area (Å²) in [5.41, 5.74) is 4.18. The number of nitrogens with zero attached hydrogens (tertiary/aromatic N) is 3. The van der Waals surface area contributed by atoms with E-state index in [1.807, 2.05) is 55.6 Å². The number of rotatable bonds is 5. The Morgan fingerprint density at radius 3 is 2.60 bits per heavy atom. The molecule has 154 valence electrons. The quantitative estimate of drug-likeness (QED) is 0.707. The van der Waals surface area contributed by atoms with E-state index < -0.39 is 0 Å². The minimum absolute atomic E-state index is 0.00134. The molecular formula is C24H26N4O2. The second-order valence-electron chi connectivity index (χ2n) is 7.73. The number of benzene rings is 2. The first-order valence-electron chi connectivity index (χ1n) is 10.2. The molecule has 0 radical (unpaired) electrons.